The van der Waals surface area contributed by atoms with Gasteiger partial charge in [0.1, 0.15) is 12.3 Å². The third-order valence-corrected chi connectivity index (χ3v) is 4.61. The highest BCUT2D eigenvalue weighted by Gasteiger charge is 2.09. The van der Waals surface area contributed by atoms with Gasteiger partial charge < -0.3 is 10.1 Å². The highest BCUT2D eigenvalue weighted by molar-refractivity contribution is 5.75. The third kappa shape index (κ3) is 4.65. The monoisotopic (exact) mass is 377 g/mol. The van der Waals surface area contributed by atoms with E-state index in [0.29, 0.717) is 12.2 Å². The highest BCUT2D eigenvalue weighted by Crippen LogP contribution is 2.19. The molecule has 0 saturated carbocycles. The second kappa shape index (κ2) is 8.52. The lowest BCUT2D eigenvalue weighted by Crippen LogP contribution is -2.33. The van der Waals surface area contributed by atoms with E-state index in [4.69, 9.17) is 4.74 Å². The van der Waals surface area contributed by atoms with Gasteiger partial charge >= 0.3 is 0 Å². The van der Waals surface area contributed by atoms with Crippen LogP contribution in [0, 0.1) is 13.8 Å². The Bertz CT molecular complexity index is 1040. The zero-order valence-electron chi connectivity index (χ0n) is 16.2. The molecule has 0 spiro atoms. The molecule has 6 heteroatoms. The molecule has 0 aliphatic carbocycles. The van der Waals surface area contributed by atoms with Crippen molar-refractivity contribution >= 4 is 5.91 Å². The number of aryl methyl sites for hydroxylation is 2. The maximum Gasteiger partial charge on any atom is 0.267 e. The number of carbonyl (C=O) groups excluding carboxylic acids is 1. The Morgan fingerprint density at radius 1 is 1.04 bits per heavy atom. The molecule has 1 aromatic heterocycles. The van der Waals surface area contributed by atoms with Crippen LogP contribution >= 0.6 is 0 Å². The summed E-state index contributed by atoms with van der Waals surface area (Å²) in [6.07, 6.45) is 0. The predicted octanol–water partition coefficient (Wildman–Crippen LogP) is 2.85. The Kier molecular flexibility index (Phi) is 5.89. The van der Waals surface area contributed by atoms with Crippen molar-refractivity contribution in [3.05, 3.63) is 81.6 Å². The number of nitrogens with one attached hydrogen (secondary N) is 1. The van der Waals surface area contributed by atoms with E-state index in [9.17, 15) is 9.59 Å². The molecule has 0 aliphatic rings. The smallest absolute Gasteiger partial charge is 0.267 e. The van der Waals surface area contributed by atoms with E-state index in [2.05, 4.69) is 10.4 Å². The van der Waals surface area contributed by atoms with Crippen LogP contribution in [0.4, 0.5) is 0 Å². The number of carbonyl (C=O) groups is 1. The van der Waals surface area contributed by atoms with E-state index in [1.807, 2.05) is 56.3 Å². The summed E-state index contributed by atoms with van der Waals surface area (Å²) >= 11 is 0. The van der Waals surface area contributed by atoms with Crippen molar-refractivity contribution in [1.82, 2.24) is 15.1 Å². The maximum atomic E-state index is 12.3. The number of rotatable bonds is 6. The summed E-state index contributed by atoms with van der Waals surface area (Å²) in [6, 6.07) is 16.5. The zero-order chi connectivity index (χ0) is 20.1. The first-order chi connectivity index (χ1) is 13.5. The molecule has 1 amide bonds. The molecule has 3 aromatic rings. The van der Waals surface area contributed by atoms with Crippen LogP contribution in [0.5, 0.6) is 5.75 Å². The van der Waals surface area contributed by atoms with Crippen molar-refractivity contribution in [3.63, 3.8) is 0 Å². The highest BCUT2D eigenvalue weighted by atomic mass is 16.5. The maximum absolute atomic E-state index is 12.3. The summed E-state index contributed by atoms with van der Waals surface area (Å²) in [5.74, 6) is 0.483. The Balaban J connectivity index is 1.69. The van der Waals surface area contributed by atoms with Crippen LogP contribution in [0.25, 0.3) is 11.3 Å². The fraction of sp³-hybridized carbons (Fsp3) is 0.227. The van der Waals surface area contributed by atoms with Crippen LogP contribution in [-0.4, -0.2) is 22.8 Å². The van der Waals surface area contributed by atoms with Crippen molar-refractivity contribution < 1.29 is 9.53 Å². The molecule has 6 nitrogen and oxygen atoms in total. The topological polar surface area (TPSA) is 73.2 Å². The Labute approximate surface area is 163 Å². The molecule has 144 valence electrons. The molecule has 3 rings (SSSR count). The van der Waals surface area contributed by atoms with Gasteiger partial charge in [0.25, 0.3) is 5.56 Å². The molecule has 0 atom stereocenters. The Morgan fingerprint density at radius 2 is 1.79 bits per heavy atom. The number of aromatic nitrogens is 2. The number of benzene rings is 2. The molecule has 0 bridgehead atoms. The average molecular weight is 377 g/mol. The fourth-order valence-electron chi connectivity index (χ4n) is 2.75. The number of hydrogen-bond donors (Lipinski definition) is 1. The van der Waals surface area contributed by atoms with Gasteiger partial charge in [-0.05, 0) is 54.8 Å². The van der Waals surface area contributed by atoms with E-state index < -0.39 is 0 Å². The van der Waals surface area contributed by atoms with Gasteiger partial charge in [0.05, 0.1) is 12.8 Å². The largest absolute Gasteiger partial charge is 0.497 e. The fourth-order valence-corrected chi connectivity index (χ4v) is 2.75. The Morgan fingerprint density at radius 3 is 2.46 bits per heavy atom. The SMILES string of the molecule is COc1ccc(CNC(=O)Cn2nc(-c3ccc(C)c(C)c3)ccc2=O)cc1. The minimum atomic E-state index is -0.313. The van der Waals surface area contributed by atoms with E-state index in [1.54, 1.807) is 13.2 Å². The van der Waals surface area contributed by atoms with Gasteiger partial charge in [-0.2, -0.15) is 5.10 Å². The Hall–Kier alpha value is -3.41. The van der Waals surface area contributed by atoms with E-state index in [0.717, 1.165) is 22.4 Å². The summed E-state index contributed by atoms with van der Waals surface area (Å²) in [7, 11) is 1.60. The van der Waals surface area contributed by atoms with Gasteiger partial charge in [0.2, 0.25) is 5.91 Å². The number of amides is 1. The number of ether oxygens (including phenoxy) is 1. The number of methoxy groups -OCH3 is 1. The minimum absolute atomic E-state index is 0.131. The van der Waals surface area contributed by atoms with Crippen LogP contribution in [0.3, 0.4) is 0 Å². The summed E-state index contributed by atoms with van der Waals surface area (Å²) < 4.78 is 6.30. The van der Waals surface area contributed by atoms with Crippen LogP contribution < -0.4 is 15.6 Å². The van der Waals surface area contributed by atoms with Gasteiger partial charge in [-0.3, -0.25) is 9.59 Å². The molecule has 28 heavy (non-hydrogen) atoms. The third-order valence-electron chi connectivity index (χ3n) is 4.61. The lowest BCUT2D eigenvalue weighted by molar-refractivity contribution is -0.122. The van der Waals surface area contributed by atoms with Crippen molar-refractivity contribution in [2.24, 2.45) is 0 Å². The first kappa shape index (κ1) is 19.4. The number of nitrogens with zero attached hydrogens (tertiary/aromatic N) is 2. The van der Waals surface area contributed by atoms with Crippen LogP contribution in [0.1, 0.15) is 16.7 Å². The molecule has 2 aromatic carbocycles. The lowest BCUT2D eigenvalue weighted by Gasteiger charge is -2.10. The molecule has 0 radical (unpaired) electrons. The van der Waals surface area contributed by atoms with Gasteiger partial charge in [-0.15, -0.1) is 0 Å². The average Bonchev–Trinajstić information content (AvgIpc) is 2.70. The molecule has 0 aliphatic heterocycles. The number of hydrogen-bond acceptors (Lipinski definition) is 4. The van der Waals surface area contributed by atoms with Crippen molar-refractivity contribution in [2.45, 2.75) is 26.9 Å². The second-order valence-electron chi connectivity index (χ2n) is 6.64. The van der Waals surface area contributed by atoms with Gasteiger partial charge in [-0.25, -0.2) is 4.68 Å². The van der Waals surface area contributed by atoms with Crippen LogP contribution in [-0.2, 0) is 17.9 Å². The van der Waals surface area contributed by atoms with E-state index >= 15 is 0 Å². The van der Waals surface area contributed by atoms with Crippen LogP contribution in [0.15, 0.2) is 59.4 Å². The van der Waals surface area contributed by atoms with Gasteiger partial charge in [0.15, 0.2) is 0 Å². The van der Waals surface area contributed by atoms with Crippen molar-refractivity contribution in [2.75, 3.05) is 7.11 Å². The normalized spacial score (nSPS) is 10.5. The molecule has 0 fully saturated rings. The summed E-state index contributed by atoms with van der Waals surface area (Å²) in [5.41, 5.74) is 4.54. The van der Waals surface area contributed by atoms with Gasteiger partial charge in [0, 0.05) is 18.2 Å². The standard InChI is InChI=1S/C22H23N3O3/c1-15-4-7-18(12-16(15)2)20-10-11-22(27)25(24-20)14-21(26)23-13-17-5-8-19(28-3)9-6-17/h4-12H,13-14H2,1-3H3,(H,23,26). The van der Waals surface area contributed by atoms with Crippen molar-refractivity contribution in [1.29, 1.82) is 0 Å². The summed E-state index contributed by atoms with van der Waals surface area (Å²) in [5, 5.41) is 7.17. The molecular formula is C22H23N3O3. The summed E-state index contributed by atoms with van der Waals surface area (Å²) in [4.78, 5) is 24.4. The van der Waals surface area contributed by atoms with Crippen LogP contribution in [0.2, 0.25) is 0 Å². The van der Waals surface area contributed by atoms with Gasteiger partial charge in [-0.1, -0.05) is 24.3 Å². The predicted molar refractivity (Wildman–Crippen MR) is 108 cm³/mol. The molecule has 0 saturated heterocycles. The van der Waals surface area contributed by atoms with E-state index in [1.165, 1.54) is 16.3 Å². The quantitative estimate of drug-likeness (QED) is 0.717. The van der Waals surface area contributed by atoms with E-state index in [-0.39, 0.29) is 18.0 Å². The second-order valence-corrected chi connectivity index (χ2v) is 6.64. The first-order valence-electron chi connectivity index (χ1n) is 9.01. The summed E-state index contributed by atoms with van der Waals surface area (Å²) in [6.45, 7) is 4.31. The molecule has 1 heterocycles. The lowest BCUT2D eigenvalue weighted by atomic mass is 10.0. The molecule has 1 N–H and O–H groups in total. The zero-order valence-corrected chi connectivity index (χ0v) is 16.2. The molecular weight excluding hydrogens is 354 g/mol. The first-order valence-corrected chi connectivity index (χ1v) is 9.01. The molecule has 0 unspecified atom stereocenters. The minimum Gasteiger partial charge on any atom is -0.497 e. The van der Waals surface area contributed by atoms with Crippen molar-refractivity contribution in [3.8, 4) is 17.0 Å².